The van der Waals surface area contributed by atoms with Gasteiger partial charge in [0.1, 0.15) is 0 Å². The summed E-state index contributed by atoms with van der Waals surface area (Å²) in [4.78, 5) is 25.9. The molecule has 0 atom stereocenters. The van der Waals surface area contributed by atoms with Crippen LogP contribution in [0.4, 0.5) is 0 Å². The molecule has 2 amide bonds. The Morgan fingerprint density at radius 3 is 2.52 bits per heavy atom. The monoisotopic (exact) mass is 327 g/mol. The average Bonchev–Trinajstić information content (AvgIpc) is 3.06. The van der Waals surface area contributed by atoms with Gasteiger partial charge >= 0.3 is 0 Å². The fourth-order valence-corrected chi connectivity index (χ4v) is 3.56. The van der Waals surface area contributed by atoms with Gasteiger partial charge in [-0.1, -0.05) is 23.9 Å². The van der Waals surface area contributed by atoms with Crippen LogP contribution in [0.25, 0.3) is 0 Å². The highest BCUT2D eigenvalue weighted by molar-refractivity contribution is 7.99. The van der Waals surface area contributed by atoms with Crippen molar-refractivity contribution in [3.05, 3.63) is 41.2 Å². The lowest BCUT2D eigenvalue weighted by atomic mass is 10.1. The third-order valence-electron chi connectivity index (χ3n) is 3.88. The molecule has 0 saturated carbocycles. The summed E-state index contributed by atoms with van der Waals surface area (Å²) < 4.78 is 1.70. The van der Waals surface area contributed by atoms with E-state index in [1.165, 1.54) is 4.90 Å². The molecule has 8 heteroatoms. The standard InChI is InChI=1S/C15H13N5O2S/c1-9-16-17-15-20(9)18-10(8-23-15)6-7-19-13(21)11-4-2-3-5-12(11)14(19)22/h2-5H,6-8H2,1H3. The molecule has 1 aromatic heterocycles. The highest BCUT2D eigenvalue weighted by Gasteiger charge is 2.35. The number of rotatable bonds is 3. The average molecular weight is 327 g/mol. The summed E-state index contributed by atoms with van der Waals surface area (Å²) in [5.74, 6) is 0.971. The Labute approximate surface area is 136 Å². The van der Waals surface area contributed by atoms with E-state index < -0.39 is 0 Å². The molecule has 1 aromatic carbocycles. The Morgan fingerprint density at radius 2 is 1.83 bits per heavy atom. The second-order valence-corrected chi connectivity index (χ2v) is 6.30. The molecule has 23 heavy (non-hydrogen) atoms. The summed E-state index contributed by atoms with van der Waals surface area (Å²) in [5, 5.41) is 13.3. The molecule has 7 nitrogen and oxygen atoms in total. The lowest BCUT2D eigenvalue weighted by Crippen LogP contribution is -2.32. The van der Waals surface area contributed by atoms with Crippen LogP contribution in [0.1, 0.15) is 33.0 Å². The minimum Gasteiger partial charge on any atom is -0.274 e. The molecule has 3 heterocycles. The van der Waals surface area contributed by atoms with Gasteiger partial charge in [0.15, 0.2) is 5.82 Å². The number of carbonyl (C=O) groups excluding carboxylic acids is 2. The second-order valence-electron chi connectivity index (χ2n) is 5.35. The van der Waals surface area contributed by atoms with Crippen LogP contribution < -0.4 is 0 Å². The Morgan fingerprint density at radius 1 is 1.13 bits per heavy atom. The van der Waals surface area contributed by atoms with Gasteiger partial charge in [-0.15, -0.1) is 10.2 Å². The van der Waals surface area contributed by atoms with Crippen LogP contribution in [0.2, 0.25) is 0 Å². The molecule has 2 aromatic rings. The van der Waals surface area contributed by atoms with Crippen molar-refractivity contribution < 1.29 is 9.59 Å². The summed E-state index contributed by atoms with van der Waals surface area (Å²) >= 11 is 1.56. The molecule has 0 saturated heterocycles. The van der Waals surface area contributed by atoms with E-state index in [2.05, 4.69) is 15.3 Å². The van der Waals surface area contributed by atoms with E-state index in [-0.39, 0.29) is 11.8 Å². The predicted molar refractivity (Wildman–Crippen MR) is 84.7 cm³/mol. The molecule has 0 N–H and O–H groups in total. The van der Waals surface area contributed by atoms with Crippen molar-refractivity contribution in [2.75, 3.05) is 12.3 Å². The lowest BCUT2D eigenvalue weighted by Gasteiger charge is -2.17. The Hall–Kier alpha value is -2.48. The van der Waals surface area contributed by atoms with Crippen molar-refractivity contribution >= 4 is 29.3 Å². The number of hydrogen-bond acceptors (Lipinski definition) is 6. The van der Waals surface area contributed by atoms with E-state index >= 15 is 0 Å². The molecule has 0 spiro atoms. The van der Waals surface area contributed by atoms with Crippen LogP contribution >= 0.6 is 11.8 Å². The second kappa shape index (κ2) is 5.31. The van der Waals surface area contributed by atoms with Gasteiger partial charge in [0, 0.05) is 18.7 Å². The number of amides is 2. The molecular weight excluding hydrogens is 314 g/mol. The highest BCUT2D eigenvalue weighted by atomic mass is 32.2. The first-order valence-corrected chi connectivity index (χ1v) is 8.20. The molecule has 116 valence electrons. The molecule has 0 radical (unpaired) electrons. The van der Waals surface area contributed by atoms with Gasteiger partial charge in [-0.25, -0.2) is 0 Å². The molecular formula is C15H13N5O2S. The van der Waals surface area contributed by atoms with Gasteiger partial charge in [-0.3, -0.25) is 14.5 Å². The maximum absolute atomic E-state index is 12.3. The minimum absolute atomic E-state index is 0.226. The number of benzene rings is 1. The fourth-order valence-electron chi connectivity index (χ4n) is 2.67. The first kappa shape index (κ1) is 14.1. The number of imide groups is 1. The molecule has 2 aliphatic heterocycles. The minimum atomic E-state index is -0.226. The Bertz CT molecular complexity index is 822. The molecule has 0 bridgehead atoms. The van der Waals surface area contributed by atoms with Crippen molar-refractivity contribution in [2.24, 2.45) is 5.10 Å². The van der Waals surface area contributed by atoms with Gasteiger partial charge in [-0.05, 0) is 19.1 Å². The smallest absolute Gasteiger partial charge is 0.261 e. The quantitative estimate of drug-likeness (QED) is 0.800. The molecule has 0 fully saturated rings. The normalized spacial score (nSPS) is 16.4. The molecule has 4 rings (SSSR count). The van der Waals surface area contributed by atoms with E-state index in [0.29, 0.717) is 29.8 Å². The number of carbonyl (C=O) groups is 2. The van der Waals surface area contributed by atoms with E-state index in [4.69, 9.17) is 0 Å². The number of hydrogen-bond donors (Lipinski definition) is 0. The summed E-state index contributed by atoms with van der Waals surface area (Å²) in [6, 6.07) is 6.92. The summed E-state index contributed by atoms with van der Waals surface area (Å²) in [6.45, 7) is 2.18. The van der Waals surface area contributed by atoms with Crippen LogP contribution in [-0.4, -0.2) is 49.6 Å². The van der Waals surface area contributed by atoms with Crippen LogP contribution in [0.5, 0.6) is 0 Å². The van der Waals surface area contributed by atoms with Gasteiger partial charge in [-0.2, -0.15) is 9.78 Å². The van der Waals surface area contributed by atoms with Crippen molar-refractivity contribution in [3.63, 3.8) is 0 Å². The highest BCUT2D eigenvalue weighted by Crippen LogP contribution is 2.25. The largest absolute Gasteiger partial charge is 0.274 e. The topological polar surface area (TPSA) is 80.5 Å². The summed E-state index contributed by atoms with van der Waals surface area (Å²) in [6.07, 6.45) is 0.551. The van der Waals surface area contributed by atoms with Gasteiger partial charge < -0.3 is 0 Å². The van der Waals surface area contributed by atoms with E-state index in [1.54, 1.807) is 40.7 Å². The fraction of sp³-hybridized carbons (Fsp3) is 0.267. The summed E-state index contributed by atoms with van der Waals surface area (Å²) in [7, 11) is 0. The first-order valence-electron chi connectivity index (χ1n) is 7.22. The number of fused-ring (bicyclic) bond motifs is 2. The number of aryl methyl sites for hydroxylation is 1. The maximum Gasteiger partial charge on any atom is 0.261 e. The van der Waals surface area contributed by atoms with Gasteiger partial charge in [0.05, 0.1) is 16.8 Å². The number of thioether (sulfide) groups is 1. The van der Waals surface area contributed by atoms with Gasteiger partial charge in [0.2, 0.25) is 5.16 Å². The van der Waals surface area contributed by atoms with E-state index in [0.717, 1.165) is 16.7 Å². The van der Waals surface area contributed by atoms with E-state index in [9.17, 15) is 9.59 Å². The van der Waals surface area contributed by atoms with Crippen molar-refractivity contribution in [2.45, 2.75) is 18.5 Å². The Kier molecular flexibility index (Phi) is 3.26. The third kappa shape index (κ3) is 2.26. The van der Waals surface area contributed by atoms with Crippen molar-refractivity contribution in [3.8, 4) is 0 Å². The molecule has 0 unspecified atom stereocenters. The number of aromatic nitrogens is 3. The molecule has 0 aliphatic carbocycles. The Balaban J connectivity index is 1.51. The van der Waals surface area contributed by atoms with Crippen LogP contribution in [0.15, 0.2) is 34.5 Å². The maximum atomic E-state index is 12.3. The van der Waals surface area contributed by atoms with Crippen LogP contribution in [0, 0.1) is 6.92 Å². The van der Waals surface area contributed by atoms with Crippen molar-refractivity contribution in [1.29, 1.82) is 0 Å². The van der Waals surface area contributed by atoms with Crippen LogP contribution in [0.3, 0.4) is 0 Å². The van der Waals surface area contributed by atoms with Crippen molar-refractivity contribution in [1.82, 2.24) is 19.8 Å². The predicted octanol–water partition coefficient (Wildman–Crippen LogP) is 1.58. The first-order chi connectivity index (χ1) is 11.1. The molecule has 2 aliphatic rings. The zero-order valence-corrected chi connectivity index (χ0v) is 13.2. The van der Waals surface area contributed by atoms with E-state index in [1.807, 2.05) is 6.92 Å². The van der Waals surface area contributed by atoms with Crippen LogP contribution in [-0.2, 0) is 0 Å². The SMILES string of the molecule is Cc1nnc2n1N=C(CCN1C(=O)c3ccccc3C1=O)CS2. The zero-order valence-electron chi connectivity index (χ0n) is 12.4. The lowest BCUT2D eigenvalue weighted by molar-refractivity contribution is 0.0658. The van der Waals surface area contributed by atoms with Gasteiger partial charge in [0.25, 0.3) is 11.8 Å². The third-order valence-corrected chi connectivity index (χ3v) is 4.87. The number of nitrogens with zero attached hydrogens (tertiary/aromatic N) is 5. The zero-order chi connectivity index (χ0) is 16.0. The summed E-state index contributed by atoms with van der Waals surface area (Å²) in [5.41, 5.74) is 1.88.